The van der Waals surface area contributed by atoms with Crippen molar-refractivity contribution in [2.24, 2.45) is 5.92 Å². The van der Waals surface area contributed by atoms with Crippen LogP contribution in [-0.4, -0.2) is 12.5 Å². The van der Waals surface area contributed by atoms with Crippen molar-refractivity contribution in [3.05, 3.63) is 58.6 Å². The Hall–Kier alpha value is -1.81. The molecule has 0 saturated heterocycles. The number of carbonyl (C=O) groups excluding carboxylic acids is 1. The summed E-state index contributed by atoms with van der Waals surface area (Å²) in [4.78, 5) is 12.2. The lowest BCUT2D eigenvalue weighted by Gasteiger charge is -2.10. The van der Waals surface area contributed by atoms with Crippen molar-refractivity contribution in [2.45, 2.75) is 20.3 Å². The van der Waals surface area contributed by atoms with Crippen LogP contribution in [0.3, 0.4) is 0 Å². The first-order chi connectivity index (χ1) is 10.5. The van der Waals surface area contributed by atoms with E-state index in [2.05, 4.69) is 35.1 Å². The van der Waals surface area contributed by atoms with Gasteiger partial charge in [0.2, 0.25) is 0 Å². The molecule has 0 saturated carbocycles. The summed E-state index contributed by atoms with van der Waals surface area (Å²) in [6.07, 6.45) is 1.01. The van der Waals surface area contributed by atoms with Crippen LogP contribution in [0, 0.1) is 5.92 Å². The third-order valence-electron chi connectivity index (χ3n) is 3.16. The van der Waals surface area contributed by atoms with Crippen molar-refractivity contribution in [3.63, 3.8) is 0 Å². The number of ether oxygens (including phenoxy) is 1. The zero-order valence-electron chi connectivity index (χ0n) is 12.8. The summed E-state index contributed by atoms with van der Waals surface area (Å²) in [5.74, 6) is 1.25. The van der Waals surface area contributed by atoms with Crippen LogP contribution in [0.2, 0.25) is 0 Å². The maximum Gasteiger partial charge on any atom is 0.255 e. The number of hydrogen-bond acceptors (Lipinski definition) is 2. The number of halogens is 1. The average molecular weight is 362 g/mol. The molecule has 2 aromatic carbocycles. The van der Waals surface area contributed by atoms with E-state index in [1.807, 2.05) is 36.4 Å². The number of amides is 1. The molecule has 0 bridgehead atoms. The Morgan fingerprint density at radius 2 is 1.91 bits per heavy atom. The van der Waals surface area contributed by atoms with Gasteiger partial charge in [-0.15, -0.1) is 0 Å². The molecule has 0 aromatic heterocycles. The van der Waals surface area contributed by atoms with E-state index in [1.54, 1.807) is 12.1 Å². The smallest absolute Gasteiger partial charge is 0.255 e. The zero-order valence-corrected chi connectivity index (χ0v) is 14.4. The topological polar surface area (TPSA) is 38.3 Å². The summed E-state index contributed by atoms with van der Waals surface area (Å²) >= 11 is 3.36. The summed E-state index contributed by atoms with van der Waals surface area (Å²) < 4.78 is 6.65. The highest BCUT2D eigenvalue weighted by atomic mass is 79.9. The van der Waals surface area contributed by atoms with Gasteiger partial charge in [0, 0.05) is 21.8 Å². The molecular formula is C18H20BrNO2. The van der Waals surface area contributed by atoms with Gasteiger partial charge in [-0.2, -0.15) is 0 Å². The molecule has 2 rings (SSSR count). The lowest BCUT2D eigenvalue weighted by atomic mass is 10.1. The minimum absolute atomic E-state index is 0.133. The summed E-state index contributed by atoms with van der Waals surface area (Å²) in [6.45, 7) is 5.01. The van der Waals surface area contributed by atoms with Gasteiger partial charge in [0.25, 0.3) is 5.91 Å². The number of anilines is 1. The molecule has 22 heavy (non-hydrogen) atoms. The number of benzene rings is 2. The first-order valence-electron chi connectivity index (χ1n) is 7.34. The SMILES string of the molecule is CC(C)CCOc1cccc(NC(=O)c2ccc(Br)cc2)c1. The third-order valence-corrected chi connectivity index (χ3v) is 3.69. The molecule has 1 amide bonds. The molecule has 3 nitrogen and oxygen atoms in total. The monoisotopic (exact) mass is 361 g/mol. The quantitative estimate of drug-likeness (QED) is 0.774. The van der Waals surface area contributed by atoms with Crippen molar-refractivity contribution < 1.29 is 9.53 Å². The average Bonchev–Trinajstić information content (AvgIpc) is 2.48. The molecule has 0 heterocycles. The fraction of sp³-hybridized carbons (Fsp3) is 0.278. The Labute approximate surface area is 139 Å². The second-order valence-electron chi connectivity index (χ2n) is 5.52. The van der Waals surface area contributed by atoms with Gasteiger partial charge in [0.05, 0.1) is 6.61 Å². The Morgan fingerprint density at radius 3 is 2.59 bits per heavy atom. The predicted octanol–water partition coefficient (Wildman–Crippen LogP) is 5.13. The van der Waals surface area contributed by atoms with E-state index < -0.39 is 0 Å². The van der Waals surface area contributed by atoms with Gasteiger partial charge in [-0.3, -0.25) is 4.79 Å². The minimum atomic E-state index is -0.133. The molecule has 0 aliphatic carbocycles. The number of rotatable bonds is 6. The molecular weight excluding hydrogens is 342 g/mol. The molecule has 116 valence electrons. The fourth-order valence-corrected chi connectivity index (χ4v) is 2.14. The number of carbonyl (C=O) groups is 1. The largest absolute Gasteiger partial charge is 0.494 e. The minimum Gasteiger partial charge on any atom is -0.494 e. The van der Waals surface area contributed by atoms with Gasteiger partial charge in [-0.1, -0.05) is 35.8 Å². The van der Waals surface area contributed by atoms with Crippen LogP contribution in [0.1, 0.15) is 30.6 Å². The fourth-order valence-electron chi connectivity index (χ4n) is 1.88. The van der Waals surface area contributed by atoms with Crippen LogP contribution in [0.15, 0.2) is 53.0 Å². The van der Waals surface area contributed by atoms with E-state index in [9.17, 15) is 4.79 Å². The highest BCUT2D eigenvalue weighted by Crippen LogP contribution is 2.19. The number of hydrogen-bond donors (Lipinski definition) is 1. The second kappa shape index (κ2) is 7.99. The molecule has 1 N–H and O–H groups in total. The van der Waals surface area contributed by atoms with Gasteiger partial charge in [-0.25, -0.2) is 0 Å². The Bertz CT molecular complexity index is 623. The molecule has 0 atom stereocenters. The van der Waals surface area contributed by atoms with Crippen LogP contribution < -0.4 is 10.1 Å². The van der Waals surface area contributed by atoms with Gasteiger partial charge in [-0.05, 0) is 48.7 Å². The van der Waals surface area contributed by atoms with E-state index in [1.165, 1.54) is 0 Å². The number of nitrogens with one attached hydrogen (secondary N) is 1. The van der Waals surface area contributed by atoms with Gasteiger partial charge in [0.1, 0.15) is 5.75 Å². The van der Waals surface area contributed by atoms with Crippen LogP contribution in [0.4, 0.5) is 5.69 Å². The van der Waals surface area contributed by atoms with E-state index in [0.717, 1.165) is 22.3 Å². The molecule has 0 unspecified atom stereocenters. The van der Waals surface area contributed by atoms with Crippen molar-refractivity contribution in [1.82, 2.24) is 0 Å². The summed E-state index contributed by atoms with van der Waals surface area (Å²) in [7, 11) is 0. The molecule has 0 aliphatic rings. The normalized spacial score (nSPS) is 10.5. The van der Waals surface area contributed by atoms with Crippen LogP contribution >= 0.6 is 15.9 Å². The summed E-state index contributed by atoms with van der Waals surface area (Å²) in [6, 6.07) is 14.7. The van der Waals surface area contributed by atoms with E-state index in [-0.39, 0.29) is 5.91 Å². The second-order valence-corrected chi connectivity index (χ2v) is 6.44. The highest BCUT2D eigenvalue weighted by Gasteiger charge is 2.06. The Kier molecular flexibility index (Phi) is 6.01. The molecule has 0 radical (unpaired) electrons. The van der Waals surface area contributed by atoms with E-state index in [4.69, 9.17) is 4.74 Å². The lowest BCUT2D eigenvalue weighted by Crippen LogP contribution is -2.11. The van der Waals surface area contributed by atoms with Crippen molar-refractivity contribution in [1.29, 1.82) is 0 Å². The predicted molar refractivity (Wildman–Crippen MR) is 93.5 cm³/mol. The van der Waals surface area contributed by atoms with Gasteiger partial charge < -0.3 is 10.1 Å². The summed E-state index contributed by atoms with van der Waals surface area (Å²) in [5.41, 5.74) is 1.35. The highest BCUT2D eigenvalue weighted by molar-refractivity contribution is 9.10. The van der Waals surface area contributed by atoms with E-state index in [0.29, 0.717) is 18.1 Å². The zero-order chi connectivity index (χ0) is 15.9. The van der Waals surface area contributed by atoms with Gasteiger partial charge >= 0.3 is 0 Å². The lowest BCUT2D eigenvalue weighted by molar-refractivity contribution is 0.102. The molecule has 4 heteroatoms. The molecule has 2 aromatic rings. The Morgan fingerprint density at radius 1 is 1.18 bits per heavy atom. The summed E-state index contributed by atoms with van der Waals surface area (Å²) in [5, 5.41) is 2.88. The standard InChI is InChI=1S/C18H20BrNO2/c1-13(2)10-11-22-17-5-3-4-16(12-17)20-18(21)14-6-8-15(19)9-7-14/h3-9,12-13H,10-11H2,1-2H3,(H,20,21). The third kappa shape index (κ3) is 5.19. The van der Waals surface area contributed by atoms with Crippen LogP contribution in [-0.2, 0) is 0 Å². The maximum absolute atomic E-state index is 12.2. The van der Waals surface area contributed by atoms with Crippen molar-refractivity contribution >= 4 is 27.5 Å². The van der Waals surface area contributed by atoms with Crippen molar-refractivity contribution in [3.8, 4) is 5.75 Å². The molecule has 0 aliphatic heterocycles. The van der Waals surface area contributed by atoms with Crippen molar-refractivity contribution in [2.75, 3.05) is 11.9 Å². The molecule has 0 spiro atoms. The molecule has 0 fully saturated rings. The van der Waals surface area contributed by atoms with Crippen LogP contribution in [0.5, 0.6) is 5.75 Å². The first kappa shape index (κ1) is 16.6. The maximum atomic E-state index is 12.2. The van der Waals surface area contributed by atoms with Crippen LogP contribution in [0.25, 0.3) is 0 Å². The van der Waals surface area contributed by atoms with E-state index >= 15 is 0 Å². The first-order valence-corrected chi connectivity index (χ1v) is 8.13. The Balaban J connectivity index is 1.97. The van der Waals surface area contributed by atoms with Gasteiger partial charge in [0.15, 0.2) is 0 Å².